The van der Waals surface area contributed by atoms with Crippen LogP contribution in [0.4, 0.5) is 0 Å². The fraction of sp³-hybridized carbons (Fsp3) is 0.765. The molecule has 1 aromatic rings. The van der Waals surface area contributed by atoms with E-state index < -0.39 is 9.84 Å². The standard InChI is InChI=1S/C17H28N2O4S/c1-6-19(13-9-10-24(21,22)11-13)15(20)8-7-14-12(2)18-16(23-14)17(3,4)5/h13H,6-11H2,1-5H3. The summed E-state index contributed by atoms with van der Waals surface area (Å²) in [5.74, 6) is 1.66. The Kier molecular flexibility index (Phi) is 5.42. The summed E-state index contributed by atoms with van der Waals surface area (Å²) in [5.41, 5.74) is 0.653. The molecule has 1 unspecified atom stereocenters. The highest BCUT2D eigenvalue weighted by Gasteiger charge is 2.33. The number of rotatable bonds is 5. The Bertz CT molecular complexity index is 701. The van der Waals surface area contributed by atoms with Gasteiger partial charge in [-0.2, -0.15) is 0 Å². The van der Waals surface area contributed by atoms with Crippen LogP contribution >= 0.6 is 0 Å². The van der Waals surface area contributed by atoms with Crippen LogP contribution in [0.3, 0.4) is 0 Å². The van der Waals surface area contributed by atoms with E-state index in [0.29, 0.717) is 31.7 Å². The number of sulfone groups is 1. The van der Waals surface area contributed by atoms with Crippen LogP contribution in [0.5, 0.6) is 0 Å². The van der Waals surface area contributed by atoms with Crippen LogP contribution in [-0.4, -0.2) is 48.3 Å². The van der Waals surface area contributed by atoms with Gasteiger partial charge in [-0.05, 0) is 20.3 Å². The number of amides is 1. The summed E-state index contributed by atoms with van der Waals surface area (Å²) in [5, 5.41) is 0. The number of nitrogens with zero attached hydrogens (tertiary/aromatic N) is 2. The molecule has 1 saturated heterocycles. The summed E-state index contributed by atoms with van der Waals surface area (Å²) >= 11 is 0. The van der Waals surface area contributed by atoms with Crippen molar-refractivity contribution in [2.75, 3.05) is 18.1 Å². The average Bonchev–Trinajstić information content (AvgIpc) is 3.00. The maximum atomic E-state index is 12.5. The summed E-state index contributed by atoms with van der Waals surface area (Å²) in [4.78, 5) is 18.7. The Morgan fingerprint density at radius 1 is 1.38 bits per heavy atom. The van der Waals surface area contributed by atoms with Gasteiger partial charge in [-0.25, -0.2) is 13.4 Å². The van der Waals surface area contributed by atoms with Crippen molar-refractivity contribution in [2.24, 2.45) is 0 Å². The molecular weight excluding hydrogens is 328 g/mol. The third-order valence-corrected chi connectivity index (χ3v) is 6.16. The van der Waals surface area contributed by atoms with Crippen LogP contribution in [0, 0.1) is 6.92 Å². The van der Waals surface area contributed by atoms with Gasteiger partial charge < -0.3 is 9.32 Å². The summed E-state index contributed by atoms with van der Waals surface area (Å²) < 4.78 is 29.1. The smallest absolute Gasteiger partial charge is 0.223 e. The molecule has 0 saturated carbocycles. The molecule has 0 spiro atoms. The van der Waals surface area contributed by atoms with Crippen LogP contribution in [0.25, 0.3) is 0 Å². The van der Waals surface area contributed by atoms with Crippen molar-refractivity contribution in [3.8, 4) is 0 Å². The van der Waals surface area contributed by atoms with E-state index in [1.54, 1.807) is 4.90 Å². The lowest BCUT2D eigenvalue weighted by atomic mass is 9.97. The van der Waals surface area contributed by atoms with Gasteiger partial charge >= 0.3 is 0 Å². The second-order valence-electron chi connectivity index (χ2n) is 7.51. The van der Waals surface area contributed by atoms with E-state index in [1.165, 1.54) is 0 Å². The average molecular weight is 356 g/mol. The van der Waals surface area contributed by atoms with E-state index in [4.69, 9.17) is 4.42 Å². The second kappa shape index (κ2) is 6.86. The highest BCUT2D eigenvalue weighted by Crippen LogP contribution is 2.25. The molecule has 24 heavy (non-hydrogen) atoms. The van der Waals surface area contributed by atoms with Crippen molar-refractivity contribution < 1.29 is 17.6 Å². The molecule has 7 heteroatoms. The van der Waals surface area contributed by atoms with Crippen LogP contribution in [0.2, 0.25) is 0 Å². The van der Waals surface area contributed by atoms with E-state index >= 15 is 0 Å². The van der Waals surface area contributed by atoms with Gasteiger partial charge in [-0.1, -0.05) is 20.8 Å². The van der Waals surface area contributed by atoms with Gasteiger partial charge in [0.2, 0.25) is 5.91 Å². The molecule has 6 nitrogen and oxygen atoms in total. The molecule has 2 heterocycles. The fourth-order valence-electron chi connectivity index (χ4n) is 3.00. The third kappa shape index (κ3) is 4.37. The molecule has 0 N–H and O–H groups in total. The van der Waals surface area contributed by atoms with Crippen LogP contribution in [-0.2, 0) is 26.5 Å². The Hall–Kier alpha value is -1.37. The normalized spacial score (nSPS) is 20.3. The molecule has 2 rings (SSSR count). The maximum absolute atomic E-state index is 12.5. The first-order valence-corrected chi connectivity index (χ1v) is 10.3. The lowest BCUT2D eigenvalue weighted by Crippen LogP contribution is -2.41. The zero-order chi connectivity index (χ0) is 18.1. The van der Waals surface area contributed by atoms with E-state index in [0.717, 1.165) is 11.5 Å². The molecule has 0 aliphatic carbocycles. The molecule has 1 aliphatic heterocycles. The third-order valence-electron chi connectivity index (χ3n) is 4.41. The Balaban J connectivity index is 2.01. The molecule has 0 aromatic carbocycles. The quantitative estimate of drug-likeness (QED) is 0.808. The SMILES string of the molecule is CCN(C(=O)CCc1oc(C(C)(C)C)nc1C)C1CCS(=O)(=O)C1. The minimum absolute atomic E-state index is 0.0206. The van der Waals surface area contributed by atoms with Crippen LogP contribution < -0.4 is 0 Å². The zero-order valence-corrected chi connectivity index (χ0v) is 16.1. The molecular formula is C17H28N2O4S. The fourth-order valence-corrected chi connectivity index (χ4v) is 4.73. The lowest BCUT2D eigenvalue weighted by molar-refractivity contribution is -0.132. The van der Waals surface area contributed by atoms with Gasteiger partial charge in [-0.3, -0.25) is 4.79 Å². The van der Waals surface area contributed by atoms with Gasteiger partial charge in [0.1, 0.15) is 5.76 Å². The number of oxazole rings is 1. The van der Waals surface area contributed by atoms with Crippen molar-refractivity contribution >= 4 is 15.7 Å². The number of hydrogen-bond donors (Lipinski definition) is 0. The van der Waals surface area contributed by atoms with Crippen molar-refractivity contribution in [1.82, 2.24) is 9.88 Å². The monoisotopic (exact) mass is 356 g/mol. The number of aromatic nitrogens is 1. The van der Waals surface area contributed by atoms with Gasteiger partial charge in [-0.15, -0.1) is 0 Å². The highest BCUT2D eigenvalue weighted by atomic mass is 32.2. The van der Waals surface area contributed by atoms with Gasteiger partial charge in [0.15, 0.2) is 15.7 Å². The first-order valence-electron chi connectivity index (χ1n) is 8.50. The van der Waals surface area contributed by atoms with E-state index in [9.17, 15) is 13.2 Å². The minimum Gasteiger partial charge on any atom is -0.445 e. The molecule has 1 aliphatic rings. The number of carbonyl (C=O) groups is 1. The van der Waals surface area contributed by atoms with Crippen LogP contribution in [0.1, 0.15) is 57.9 Å². The van der Waals surface area contributed by atoms with E-state index in [2.05, 4.69) is 4.98 Å². The topological polar surface area (TPSA) is 80.5 Å². The molecule has 1 fully saturated rings. The van der Waals surface area contributed by atoms with Crippen molar-refractivity contribution in [3.05, 3.63) is 17.3 Å². The number of carbonyl (C=O) groups excluding carboxylic acids is 1. The molecule has 0 radical (unpaired) electrons. The Morgan fingerprint density at radius 2 is 2.04 bits per heavy atom. The molecule has 1 aromatic heterocycles. The first kappa shape index (κ1) is 19.0. The predicted molar refractivity (Wildman–Crippen MR) is 92.7 cm³/mol. The summed E-state index contributed by atoms with van der Waals surface area (Å²) in [6.45, 7) is 10.4. The number of hydrogen-bond acceptors (Lipinski definition) is 5. The zero-order valence-electron chi connectivity index (χ0n) is 15.3. The summed E-state index contributed by atoms with van der Waals surface area (Å²) in [6.07, 6.45) is 1.34. The van der Waals surface area contributed by atoms with Crippen molar-refractivity contribution in [3.63, 3.8) is 0 Å². The largest absolute Gasteiger partial charge is 0.445 e. The highest BCUT2D eigenvalue weighted by molar-refractivity contribution is 7.91. The van der Waals surface area contributed by atoms with Gasteiger partial charge in [0.05, 0.1) is 17.2 Å². The van der Waals surface area contributed by atoms with Gasteiger partial charge in [0.25, 0.3) is 0 Å². The molecule has 136 valence electrons. The van der Waals surface area contributed by atoms with Crippen LogP contribution in [0.15, 0.2) is 4.42 Å². The maximum Gasteiger partial charge on any atom is 0.223 e. The lowest BCUT2D eigenvalue weighted by Gasteiger charge is -2.26. The van der Waals surface area contributed by atoms with E-state index in [1.807, 2.05) is 34.6 Å². The number of aryl methyl sites for hydroxylation is 2. The van der Waals surface area contributed by atoms with Crippen molar-refractivity contribution in [2.45, 2.75) is 65.3 Å². The second-order valence-corrected chi connectivity index (χ2v) is 9.74. The molecule has 1 atom stereocenters. The van der Waals surface area contributed by atoms with Crippen molar-refractivity contribution in [1.29, 1.82) is 0 Å². The molecule has 1 amide bonds. The summed E-state index contributed by atoms with van der Waals surface area (Å²) in [6, 6.07) is -0.187. The summed E-state index contributed by atoms with van der Waals surface area (Å²) in [7, 11) is -2.99. The predicted octanol–water partition coefficient (Wildman–Crippen LogP) is 2.25. The Morgan fingerprint density at radius 3 is 2.50 bits per heavy atom. The first-order chi connectivity index (χ1) is 11.0. The minimum atomic E-state index is -2.99. The Labute approximate surface area is 144 Å². The van der Waals surface area contributed by atoms with Gasteiger partial charge in [0, 0.05) is 30.8 Å². The van der Waals surface area contributed by atoms with E-state index in [-0.39, 0.29) is 28.9 Å². The molecule has 0 bridgehead atoms.